The number of hydrogen-bond donors (Lipinski definition) is 1. The Bertz CT molecular complexity index is 931. The Kier molecular flexibility index (Phi) is 5.32. The van der Waals surface area contributed by atoms with Crippen LogP contribution < -0.4 is 5.32 Å². The van der Waals surface area contributed by atoms with Crippen LogP contribution >= 0.6 is 11.3 Å². The Morgan fingerprint density at radius 3 is 2.48 bits per heavy atom. The lowest BCUT2D eigenvalue weighted by Crippen LogP contribution is -2.17. The quantitative estimate of drug-likeness (QED) is 0.811. The predicted molar refractivity (Wildman–Crippen MR) is 103 cm³/mol. The van der Waals surface area contributed by atoms with Crippen LogP contribution in [0.2, 0.25) is 0 Å². The van der Waals surface area contributed by atoms with E-state index in [1.807, 2.05) is 19.9 Å². The van der Waals surface area contributed by atoms with Crippen LogP contribution in [-0.2, 0) is 20.7 Å². The molecule has 0 spiro atoms. The number of thiophene rings is 1. The molecule has 1 aromatic heterocycles. The summed E-state index contributed by atoms with van der Waals surface area (Å²) >= 11 is 1.31. The highest BCUT2D eigenvalue weighted by atomic mass is 32.1. The Balaban J connectivity index is 1.98. The molecule has 0 radical (unpaired) electrons. The third-order valence-electron chi connectivity index (χ3n) is 4.90. The highest BCUT2D eigenvalue weighted by Gasteiger charge is 2.38. The number of hydrogen-bond acceptors (Lipinski definition) is 6. The molecule has 1 amide bonds. The van der Waals surface area contributed by atoms with Gasteiger partial charge in [0.05, 0.1) is 25.7 Å². The normalized spacial score (nSPS) is 15.2. The van der Waals surface area contributed by atoms with Crippen molar-refractivity contribution in [1.29, 1.82) is 0 Å². The molecule has 1 N–H and O–H groups in total. The number of carbonyl (C=O) groups excluding carboxylic acids is 3. The van der Waals surface area contributed by atoms with Crippen LogP contribution in [0.3, 0.4) is 0 Å². The average molecular weight is 387 g/mol. The fourth-order valence-electron chi connectivity index (χ4n) is 3.29. The number of esters is 2. The maximum Gasteiger partial charge on any atom is 0.341 e. The molecule has 1 heterocycles. The fourth-order valence-corrected chi connectivity index (χ4v) is 4.55. The van der Waals surface area contributed by atoms with Crippen LogP contribution in [0.4, 0.5) is 5.00 Å². The number of carbonyl (C=O) groups is 3. The summed E-state index contributed by atoms with van der Waals surface area (Å²) in [5.74, 6) is -1.78. The van der Waals surface area contributed by atoms with E-state index in [9.17, 15) is 14.4 Å². The average Bonchev–Trinajstić information content (AvgIpc) is 3.21. The standard InChI is InChI=1S/C20H21NO5S/c1-10-5-6-12(9-11(10)2)17(22)21-18-16(20(24)26-4)15-13(19(23)25-3)7-8-14(15)27-18/h5-6,9,13H,7-8H2,1-4H3,(H,21,22). The molecular weight excluding hydrogens is 366 g/mol. The number of anilines is 1. The molecule has 6 nitrogen and oxygen atoms in total. The van der Waals surface area contributed by atoms with E-state index in [0.29, 0.717) is 29.0 Å². The molecule has 1 aliphatic carbocycles. The second-order valence-electron chi connectivity index (χ2n) is 6.50. The molecule has 0 bridgehead atoms. The number of benzene rings is 1. The van der Waals surface area contributed by atoms with E-state index in [1.54, 1.807) is 12.1 Å². The zero-order valence-corrected chi connectivity index (χ0v) is 16.5. The third-order valence-corrected chi connectivity index (χ3v) is 6.08. The molecule has 0 saturated carbocycles. The topological polar surface area (TPSA) is 81.7 Å². The van der Waals surface area contributed by atoms with E-state index in [4.69, 9.17) is 9.47 Å². The summed E-state index contributed by atoms with van der Waals surface area (Å²) in [6, 6.07) is 5.43. The van der Waals surface area contributed by atoms with E-state index in [1.165, 1.54) is 25.6 Å². The van der Waals surface area contributed by atoms with Gasteiger partial charge in [0.15, 0.2) is 0 Å². The smallest absolute Gasteiger partial charge is 0.341 e. The highest BCUT2D eigenvalue weighted by molar-refractivity contribution is 7.17. The van der Waals surface area contributed by atoms with Gasteiger partial charge >= 0.3 is 11.9 Å². The second-order valence-corrected chi connectivity index (χ2v) is 7.61. The van der Waals surface area contributed by atoms with Crippen molar-refractivity contribution in [2.45, 2.75) is 32.6 Å². The zero-order valence-electron chi connectivity index (χ0n) is 15.7. The number of rotatable bonds is 4. The molecular formula is C20H21NO5S. The van der Waals surface area contributed by atoms with Crippen molar-refractivity contribution in [2.24, 2.45) is 0 Å². The zero-order chi connectivity index (χ0) is 19.7. The van der Waals surface area contributed by atoms with Crippen LogP contribution in [0.25, 0.3) is 0 Å². The van der Waals surface area contributed by atoms with Crippen LogP contribution in [0, 0.1) is 13.8 Å². The monoisotopic (exact) mass is 387 g/mol. The first-order chi connectivity index (χ1) is 12.9. The molecule has 1 aliphatic rings. The van der Waals surface area contributed by atoms with E-state index in [0.717, 1.165) is 16.0 Å². The van der Waals surface area contributed by atoms with Gasteiger partial charge in [-0.15, -0.1) is 11.3 Å². The molecule has 1 atom stereocenters. The fraction of sp³-hybridized carbons (Fsp3) is 0.350. The second kappa shape index (κ2) is 7.52. The number of fused-ring (bicyclic) bond motifs is 1. The van der Waals surface area contributed by atoms with Crippen LogP contribution in [0.5, 0.6) is 0 Å². The first kappa shape index (κ1) is 19.1. The molecule has 1 aromatic carbocycles. The van der Waals surface area contributed by atoms with Gasteiger partial charge in [0, 0.05) is 10.4 Å². The summed E-state index contributed by atoms with van der Waals surface area (Å²) in [6.45, 7) is 3.91. The Hall–Kier alpha value is -2.67. The van der Waals surface area contributed by atoms with E-state index in [2.05, 4.69) is 5.32 Å². The SMILES string of the molecule is COC(=O)c1c(NC(=O)c2ccc(C)c(C)c2)sc2c1C(C(=O)OC)CC2. The summed E-state index contributed by atoms with van der Waals surface area (Å²) in [5, 5.41) is 3.23. The first-order valence-electron chi connectivity index (χ1n) is 8.57. The van der Waals surface area contributed by atoms with Crippen LogP contribution in [0.1, 0.15) is 54.6 Å². The molecule has 2 aromatic rings. The summed E-state index contributed by atoms with van der Waals surface area (Å²) in [7, 11) is 2.61. The molecule has 0 saturated heterocycles. The van der Waals surface area contributed by atoms with Crippen molar-refractivity contribution < 1.29 is 23.9 Å². The number of ether oxygens (including phenoxy) is 2. The lowest BCUT2D eigenvalue weighted by Gasteiger charge is -2.12. The van der Waals surface area contributed by atoms with Crippen molar-refractivity contribution in [3.8, 4) is 0 Å². The van der Waals surface area contributed by atoms with Crippen LogP contribution in [0.15, 0.2) is 18.2 Å². The maximum atomic E-state index is 12.7. The van der Waals surface area contributed by atoms with E-state index < -0.39 is 11.9 Å². The first-order valence-corrected chi connectivity index (χ1v) is 9.39. The van der Waals surface area contributed by atoms with Crippen LogP contribution in [-0.4, -0.2) is 32.1 Å². The van der Waals surface area contributed by atoms with Crippen molar-refractivity contribution in [2.75, 3.05) is 19.5 Å². The molecule has 142 valence electrons. The number of aryl methyl sites for hydroxylation is 3. The highest BCUT2D eigenvalue weighted by Crippen LogP contribution is 2.46. The van der Waals surface area contributed by atoms with Gasteiger partial charge in [0.2, 0.25) is 0 Å². The molecule has 1 unspecified atom stereocenters. The van der Waals surface area contributed by atoms with Gasteiger partial charge in [-0.3, -0.25) is 9.59 Å². The third kappa shape index (κ3) is 3.47. The van der Waals surface area contributed by atoms with Gasteiger partial charge in [-0.1, -0.05) is 6.07 Å². The summed E-state index contributed by atoms with van der Waals surface area (Å²) < 4.78 is 9.78. The molecule has 3 rings (SSSR count). The summed E-state index contributed by atoms with van der Waals surface area (Å²) in [6.07, 6.45) is 1.24. The van der Waals surface area contributed by atoms with E-state index in [-0.39, 0.29) is 17.4 Å². The van der Waals surface area contributed by atoms with Crippen molar-refractivity contribution in [3.05, 3.63) is 50.9 Å². The summed E-state index contributed by atoms with van der Waals surface area (Å²) in [4.78, 5) is 38.1. The summed E-state index contributed by atoms with van der Waals surface area (Å²) in [5.41, 5.74) is 3.48. The Morgan fingerprint density at radius 2 is 1.85 bits per heavy atom. The predicted octanol–water partition coefficient (Wildman–Crippen LogP) is 3.61. The van der Waals surface area contributed by atoms with Gasteiger partial charge in [0.1, 0.15) is 5.00 Å². The number of nitrogens with one attached hydrogen (secondary N) is 1. The van der Waals surface area contributed by atoms with Gasteiger partial charge in [-0.2, -0.15) is 0 Å². The minimum Gasteiger partial charge on any atom is -0.469 e. The lowest BCUT2D eigenvalue weighted by molar-refractivity contribution is -0.142. The van der Waals surface area contributed by atoms with Gasteiger partial charge in [0.25, 0.3) is 5.91 Å². The van der Waals surface area contributed by atoms with Crippen molar-refractivity contribution >= 4 is 34.2 Å². The Labute approximate surface area is 161 Å². The van der Waals surface area contributed by atoms with Gasteiger partial charge < -0.3 is 14.8 Å². The molecule has 0 fully saturated rings. The van der Waals surface area contributed by atoms with E-state index >= 15 is 0 Å². The molecule has 0 aliphatic heterocycles. The van der Waals surface area contributed by atoms with Crippen molar-refractivity contribution in [1.82, 2.24) is 0 Å². The molecule has 7 heteroatoms. The van der Waals surface area contributed by atoms with Gasteiger partial charge in [-0.05, 0) is 55.5 Å². The lowest BCUT2D eigenvalue weighted by atomic mass is 9.99. The number of methoxy groups -OCH3 is 2. The molecule has 27 heavy (non-hydrogen) atoms. The minimum atomic E-state index is -0.571. The number of amides is 1. The van der Waals surface area contributed by atoms with Gasteiger partial charge in [-0.25, -0.2) is 4.79 Å². The minimum absolute atomic E-state index is 0.252. The maximum absolute atomic E-state index is 12.7. The Morgan fingerprint density at radius 1 is 1.11 bits per heavy atom. The van der Waals surface area contributed by atoms with Crippen molar-refractivity contribution in [3.63, 3.8) is 0 Å². The largest absolute Gasteiger partial charge is 0.469 e.